The summed E-state index contributed by atoms with van der Waals surface area (Å²) in [5, 5.41) is 20.8. The van der Waals surface area contributed by atoms with Gasteiger partial charge in [-0.15, -0.1) is 0 Å². The van der Waals surface area contributed by atoms with Gasteiger partial charge in [-0.2, -0.15) is 22.0 Å². The molecule has 1 amide bonds. The van der Waals surface area contributed by atoms with Crippen LogP contribution in [0.4, 0.5) is 0 Å². The van der Waals surface area contributed by atoms with Crippen LogP contribution in [-0.4, -0.2) is 45.4 Å². The molecule has 19 heavy (non-hydrogen) atoms. The van der Waals surface area contributed by atoms with Gasteiger partial charge >= 0.3 is 0 Å². The predicted octanol–water partition coefficient (Wildman–Crippen LogP) is 1.19. The lowest BCUT2D eigenvalue weighted by atomic mass is 10.1. The fourth-order valence-corrected chi connectivity index (χ4v) is 2.42. The van der Waals surface area contributed by atoms with E-state index < -0.39 is 5.60 Å². The molecule has 1 rings (SSSR count). The lowest BCUT2D eigenvalue weighted by Gasteiger charge is -2.22. The number of hydrogen-bond acceptors (Lipinski definition) is 5. The van der Waals surface area contributed by atoms with E-state index in [1.54, 1.807) is 31.7 Å². The van der Waals surface area contributed by atoms with Crippen LogP contribution in [0.25, 0.3) is 0 Å². The number of aryl methyl sites for hydroxylation is 2. The van der Waals surface area contributed by atoms with Crippen molar-refractivity contribution in [1.29, 1.82) is 0 Å². The van der Waals surface area contributed by atoms with Crippen molar-refractivity contribution in [2.24, 2.45) is 0 Å². The summed E-state index contributed by atoms with van der Waals surface area (Å²) in [7, 11) is 0. The molecular formula is C13H21N3O2S. The van der Waals surface area contributed by atoms with Gasteiger partial charge in [-0.05, 0) is 32.6 Å². The molecule has 0 aliphatic carbocycles. The van der Waals surface area contributed by atoms with Crippen LogP contribution in [0.15, 0.2) is 6.07 Å². The maximum atomic E-state index is 12.1. The molecular weight excluding hydrogens is 262 g/mol. The summed E-state index contributed by atoms with van der Waals surface area (Å²) in [6.45, 7) is 5.66. The molecule has 0 aliphatic rings. The monoisotopic (exact) mass is 283 g/mol. The van der Waals surface area contributed by atoms with E-state index in [4.69, 9.17) is 0 Å². The van der Waals surface area contributed by atoms with Crippen molar-refractivity contribution in [3.63, 3.8) is 0 Å². The van der Waals surface area contributed by atoms with E-state index in [2.05, 4.69) is 15.5 Å². The second-order valence-corrected chi connectivity index (χ2v) is 5.68. The Morgan fingerprint density at radius 1 is 1.53 bits per heavy atom. The van der Waals surface area contributed by atoms with Crippen molar-refractivity contribution in [1.82, 2.24) is 15.5 Å². The van der Waals surface area contributed by atoms with Gasteiger partial charge in [0.2, 0.25) is 0 Å². The Bertz CT molecular complexity index is 450. The number of carbonyl (C=O) groups is 1. The summed E-state index contributed by atoms with van der Waals surface area (Å²) in [6.07, 6.45) is 2.57. The summed E-state index contributed by atoms with van der Waals surface area (Å²) in [4.78, 5) is 12.1. The zero-order valence-electron chi connectivity index (χ0n) is 11.9. The minimum Gasteiger partial charge on any atom is -0.387 e. The maximum Gasteiger partial charge on any atom is 0.253 e. The van der Waals surface area contributed by atoms with Crippen molar-refractivity contribution in [3.8, 4) is 0 Å². The van der Waals surface area contributed by atoms with E-state index in [-0.39, 0.29) is 12.5 Å². The molecule has 1 unspecified atom stereocenters. The van der Waals surface area contributed by atoms with Crippen molar-refractivity contribution < 1.29 is 9.90 Å². The third-order valence-electron chi connectivity index (χ3n) is 2.66. The molecule has 1 atom stereocenters. The zero-order valence-corrected chi connectivity index (χ0v) is 12.7. The largest absolute Gasteiger partial charge is 0.387 e. The molecule has 0 spiro atoms. The normalized spacial score (nSPS) is 13.9. The standard InChI is InChI=1S/C13H21N3O2S/c1-5-11-10(6-9(2)15-16-11)12(17)14-7-13(3,18)8-19-4/h6,18H,5,7-8H2,1-4H3,(H,14,17). The second-order valence-electron chi connectivity index (χ2n) is 4.81. The van der Waals surface area contributed by atoms with Crippen molar-refractivity contribution in [2.75, 3.05) is 18.6 Å². The summed E-state index contributed by atoms with van der Waals surface area (Å²) in [6, 6.07) is 1.73. The van der Waals surface area contributed by atoms with E-state index in [1.165, 1.54) is 0 Å². The number of amides is 1. The first-order valence-electron chi connectivity index (χ1n) is 6.22. The number of nitrogens with one attached hydrogen (secondary N) is 1. The second kappa shape index (κ2) is 6.86. The molecule has 0 saturated carbocycles. The van der Waals surface area contributed by atoms with Crippen LogP contribution in [0.2, 0.25) is 0 Å². The number of hydrogen-bond donors (Lipinski definition) is 2. The third kappa shape index (κ3) is 4.80. The Morgan fingerprint density at radius 3 is 2.79 bits per heavy atom. The van der Waals surface area contributed by atoms with E-state index in [9.17, 15) is 9.90 Å². The van der Waals surface area contributed by atoms with E-state index in [0.29, 0.717) is 29.1 Å². The molecule has 1 aromatic rings. The quantitative estimate of drug-likeness (QED) is 0.820. The first-order valence-corrected chi connectivity index (χ1v) is 7.61. The van der Waals surface area contributed by atoms with Gasteiger partial charge in [0.25, 0.3) is 5.91 Å². The predicted molar refractivity (Wildman–Crippen MR) is 77.5 cm³/mol. The maximum absolute atomic E-state index is 12.1. The number of carbonyl (C=O) groups excluding carboxylic acids is 1. The molecule has 0 bridgehead atoms. The van der Waals surface area contributed by atoms with Crippen LogP contribution in [0.5, 0.6) is 0 Å². The number of thioether (sulfide) groups is 1. The Balaban J connectivity index is 2.76. The molecule has 1 aromatic heterocycles. The minimum atomic E-state index is -0.906. The van der Waals surface area contributed by atoms with Crippen LogP contribution < -0.4 is 5.32 Å². The highest BCUT2D eigenvalue weighted by Gasteiger charge is 2.21. The lowest BCUT2D eigenvalue weighted by Crippen LogP contribution is -2.42. The summed E-state index contributed by atoms with van der Waals surface area (Å²) in [5.41, 5.74) is 1.01. The lowest BCUT2D eigenvalue weighted by molar-refractivity contribution is 0.0724. The number of aromatic nitrogens is 2. The van der Waals surface area contributed by atoms with Gasteiger partial charge in [-0.3, -0.25) is 4.79 Å². The zero-order chi connectivity index (χ0) is 14.5. The van der Waals surface area contributed by atoms with Crippen LogP contribution in [0.1, 0.15) is 35.6 Å². The molecule has 0 radical (unpaired) electrons. The number of aliphatic hydroxyl groups is 1. The SMILES string of the molecule is CCc1nnc(C)cc1C(=O)NCC(C)(O)CSC. The molecule has 2 N–H and O–H groups in total. The molecule has 6 heteroatoms. The van der Waals surface area contributed by atoms with Gasteiger partial charge in [0.15, 0.2) is 0 Å². The van der Waals surface area contributed by atoms with Crippen LogP contribution >= 0.6 is 11.8 Å². The Labute approximate surface area is 118 Å². The van der Waals surface area contributed by atoms with E-state index in [1.807, 2.05) is 13.2 Å². The van der Waals surface area contributed by atoms with Gasteiger partial charge in [-0.1, -0.05) is 6.92 Å². The molecule has 106 valence electrons. The van der Waals surface area contributed by atoms with Crippen LogP contribution in [0, 0.1) is 6.92 Å². The molecule has 1 heterocycles. The highest BCUT2D eigenvalue weighted by molar-refractivity contribution is 7.98. The fraction of sp³-hybridized carbons (Fsp3) is 0.615. The van der Waals surface area contributed by atoms with Gasteiger partial charge in [-0.25, -0.2) is 0 Å². The third-order valence-corrected chi connectivity index (χ3v) is 3.57. The fourth-order valence-electron chi connectivity index (χ4n) is 1.70. The van der Waals surface area contributed by atoms with E-state index >= 15 is 0 Å². The Morgan fingerprint density at radius 2 is 2.21 bits per heavy atom. The van der Waals surface area contributed by atoms with Gasteiger partial charge in [0, 0.05) is 12.3 Å². The van der Waals surface area contributed by atoms with Gasteiger partial charge < -0.3 is 10.4 Å². The Kier molecular flexibility index (Phi) is 5.75. The van der Waals surface area contributed by atoms with Crippen molar-refractivity contribution in [3.05, 3.63) is 23.0 Å². The topological polar surface area (TPSA) is 75.1 Å². The first kappa shape index (κ1) is 15.9. The van der Waals surface area contributed by atoms with Crippen LogP contribution in [-0.2, 0) is 6.42 Å². The van der Waals surface area contributed by atoms with E-state index in [0.717, 1.165) is 0 Å². The first-order chi connectivity index (χ1) is 8.89. The van der Waals surface area contributed by atoms with Gasteiger partial charge in [0.1, 0.15) is 0 Å². The van der Waals surface area contributed by atoms with Crippen LogP contribution in [0.3, 0.4) is 0 Å². The van der Waals surface area contributed by atoms with Crippen molar-refractivity contribution >= 4 is 17.7 Å². The Hall–Kier alpha value is -1.14. The highest BCUT2D eigenvalue weighted by Crippen LogP contribution is 2.11. The van der Waals surface area contributed by atoms with Gasteiger partial charge in [0.05, 0.1) is 22.6 Å². The number of nitrogens with zero attached hydrogens (tertiary/aromatic N) is 2. The molecule has 0 aromatic carbocycles. The average Bonchev–Trinajstić information content (AvgIpc) is 2.36. The number of rotatable bonds is 6. The highest BCUT2D eigenvalue weighted by atomic mass is 32.2. The average molecular weight is 283 g/mol. The summed E-state index contributed by atoms with van der Waals surface area (Å²) in [5.74, 6) is 0.359. The molecule has 5 nitrogen and oxygen atoms in total. The van der Waals surface area contributed by atoms with Crippen molar-refractivity contribution in [2.45, 2.75) is 32.8 Å². The molecule has 0 fully saturated rings. The molecule has 0 saturated heterocycles. The smallest absolute Gasteiger partial charge is 0.253 e. The molecule has 0 aliphatic heterocycles. The summed E-state index contributed by atoms with van der Waals surface area (Å²) >= 11 is 1.54. The minimum absolute atomic E-state index is 0.212. The summed E-state index contributed by atoms with van der Waals surface area (Å²) < 4.78 is 0.